The molecule has 1 fully saturated rings. The number of β-lactam (4-membered cyclic amide) rings is 1. The number of fused-ring (bicyclic) bond motifs is 1. The van der Waals surface area contributed by atoms with E-state index in [1.807, 2.05) is 0 Å². The Morgan fingerprint density at radius 1 is 1.79 bits per heavy atom. The second-order valence-corrected chi connectivity index (χ2v) is 5.44. The molecule has 2 aliphatic rings. The van der Waals surface area contributed by atoms with Gasteiger partial charge in [0.1, 0.15) is 16.6 Å². The molecule has 7 heteroatoms. The maximum Gasteiger partial charge on any atom is 0.356 e. The van der Waals surface area contributed by atoms with Gasteiger partial charge in [0.15, 0.2) is 0 Å². The van der Waals surface area contributed by atoms with Crippen molar-refractivity contribution in [1.29, 1.82) is 0 Å². The summed E-state index contributed by atoms with van der Waals surface area (Å²) in [5, 5.41) is 1.76. The first-order chi connectivity index (χ1) is 6.74. The van der Waals surface area contributed by atoms with E-state index in [0.717, 1.165) is 0 Å². The Morgan fingerprint density at radius 2 is 2.57 bits per heavy atom. The average molecular weight is 296 g/mol. The lowest BCUT2D eigenvalue weighted by atomic mass is 10.2. The van der Waals surface area contributed by atoms with Crippen LogP contribution in [0.2, 0.25) is 0 Å². The van der Waals surface area contributed by atoms with Crippen molar-refractivity contribution in [3.63, 3.8) is 0 Å². The Morgan fingerprint density at radius 3 is 3.21 bits per heavy atom. The summed E-state index contributed by atoms with van der Waals surface area (Å²) in [6.45, 7) is 0. The normalized spacial score (nSPS) is 24.9. The molecule has 2 rings (SSSR count). The maximum absolute atomic E-state index is 11.4. The summed E-state index contributed by atoms with van der Waals surface area (Å²) < 4.78 is 4.78. The third-order valence-electron chi connectivity index (χ3n) is 1.89. The minimum atomic E-state index is -0.451. The fourth-order valence-electron chi connectivity index (χ4n) is 1.22. The number of hydrogen-bond acceptors (Lipinski definition) is 5. The SMILES string of the molecule is O=C(OCBr)C1=CSS[C@@H]2CC(=O)N12. The highest BCUT2D eigenvalue weighted by atomic mass is 79.9. The topological polar surface area (TPSA) is 46.6 Å². The Bertz CT molecular complexity index is 320. The van der Waals surface area contributed by atoms with Crippen molar-refractivity contribution in [2.45, 2.75) is 11.8 Å². The minimum Gasteiger partial charge on any atom is -0.449 e. The van der Waals surface area contributed by atoms with Gasteiger partial charge in [0.2, 0.25) is 5.91 Å². The molecule has 0 aromatic rings. The van der Waals surface area contributed by atoms with Gasteiger partial charge in [-0.15, -0.1) is 0 Å². The van der Waals surface area contributed by atoms with E-state index in [9.17, 15) is 9.59 Å². The summed E-state index contributed by atoms with van der Waals surface area (Å²) in [6.07, 6.45) is 0.511. The van der Waals surface area contributed by atoms with Crippen LogP contribution in [0.1, 0.15) is 6.42 Å². The fraction of sp³-hybridized carbons (Fsp3) is 0.429. The summed E-state index contributed by atoms with van der Waals surface area (Å²) in [4.78, 5) is 24.1. The van der Waals surface area contributed by atoms with Crippen molar-refractivity contribution in [3.05, 3.63) is 11.1 Å². The zero-order valence-electron chi connectivity index (χ0n) is 6.94. The maximum atomic E-state index is 11.4. The van der Waals surface area contributed by atoms with Crippen LogP contribution in [0, 0.1) is 0 Å². The van der Waals surface area contributed by atoms with Crippen LogP contribution in [-0.2, 0) is 14.3 Å². The van der Waals surface area contributed by atoms with E-state index in [1.165, 1.54) is 15.7 Å². The molecule has 76 valence electrons. The van der Waals surface area contributed by atoms with Crippen molar-refractivity contribution in [1.82, 2.24) is 4.90 Å². The van der Waals surface area contributed by atoms with E-state index in [1.54, 1.807) is 16.2 Å². The van der Waals surface area contributed by atoms with Gasteiger partial charge >= 0.3 is 5.97 Å². The van der Waals surface area contributed by atoms with Gasteiger partial charge in [-0.3, -0.25) is 9.69 Å². The van der Waals surface area contributed by atoms with Crippen LogP contribution in [0.3, 0.4) is 0 Å². The number of esters is 1. The minimum absolute atomic E-state index is 0.0134. The third kappa shape index (κ3) is 1.68. The summed E-state index contributed by atoms with van der Waals surface area (Å²) in [6, 6.07) is 0. The summed E-state index contributed by atoms with van der Waals surface area (Å²) in [5.74, 6) is -0.465. The molecule has 0 saturated carbocycles. The van der Waals surface area contributed by atoms with Crippen LogP contribution < -0.4 is 0 Å². The molecule has 0 N–H and O–H groups in total. The van der Waals surface area contributed by atoms with Gasteiger partial charge in [0.25, 0.3) is 0 Å². The number of ether oxygens (including phenoxy) is 1. The number of carbonyl (C=O) groups excluding carboxylic acids is 2. The summed E-state index contributed by atoms with van der Waals surface area (Å²) in [5.41, 5.74) is 0.502. The second kappa shape index (κ2) is 4.16. The molecule has 2 aliphatic heterocycles. The highest BCUT2D eigenvalue weighted by Gasteiger charge is 2.43. The predicted molar refractivity (Wildman–Crippen MR) is 58.4 cm³/mol. The van der Waals surface area contributed by atoms with Gasteiger partial charge in [-0.05, 0) is 15.9 Å². The lowest BCUT2D eigenvalue weighted by Gasteiger charge is -2.41. The molecular formula is C7H6BrNO3S2. The van der Waals surface area contributed by atoms with Crippen molar-refractivity contribution in [3.8, 4) is 0 Å². The lowest BCUT2D eigenvalue weighted by Crippen LogP contribution is -2.52. The number of nitrogens with zero attached hydrogens (tertiary/aromatic N) is 1. The first-order valence-electron chi connectivity index (χ1n) is 3.81. The first-order valence-corrected chi connectivity index (χ1v) is 7.21. The van der Waals surface area contributed by atoms with E-state index in [-0.39, 0.29) is 16.8 Å². The van der Waals surface area contributed by atoms with Crippen LogP contribution in [0.15, 0.2) is 11.1 Å². The van der Waals surface area contributed by atoms with Crippen molar-refractivity contribution in [2.75, 3.05) is 5.52 Å². The Hall–Kier alpha value is -0.140. The number of rotatable bonds is 2. The quantitative estimate of drug-likeness (QED) is 0.336. The van der Waals surface area contributed by atoms with E-state index in [0.29, 0.717) is 12.1 Å². The molecule has 0 aromatic carbocycles. The van der Waals surface area contributed by atoms with Crippen LogP contribution in [-0.4, -0.2) is 27.7 Å². The highest BCUT2D eigenvalue weighted by Crippen LogP contribution is 2.45. The molecule has 1 amide bonds. The number of amides is 1. The molecule has 0 aromatic heterocycles. The van der Waals surface area contributed by atoms with Crippen LogP contribution in [0.4, 0.5) is 0 Å². The molecule has 0 radical (unpaired) electrons. The number of alkyl halides is 1. The second-order valence-electron chi connectivity index (χ2n) is 2.66. The van der Waals surface area contributed by atoms with E-state index < -0.39 is 5.97 Å². The summed E-state index contributed by atoms with van der Waals surface area (Å²) in [7, 11) is 3.05. The molecule has 0 bridgehead atoms. The molecular weight excluding hydrogens is 290 g/mol. The molecule has 1 atom stereocenters. The first kappa shape index (κ1) is 10.4. The monoisotopic (exact) mass is 295 g/mol. The Labute approximate surface area is 96.9 Å². The zero-order valence-corrected chi connectivity index (χ0v) is 10.2. The standard InChI is InChI=1S/C7H6BrNO3S2/c8-3-12-7(11)4-2-13-14-6-1-5(10)9(4)6/h2,6H,1,3H2/t6-/m1/s1. The van der Waals surface area contributed by atoms with Gasteiger partial charge in [-0.1, -0.05) is 21.6 Å². The molecule has 0 spiro atoms. The smallest absolute Gasteiger partial charge is 0.356 e. The number of halogens is 1. The average Bonchev–Trinajstić information content (AvgIpc) is 2.16. The number of hydrogen-bond donors (Lipinski definition) is 0. The van der Waals surface area contributed by atoms with E-state index in [2.05, 4.69) is 15.9 Å². The molecule has 1 saturated heterocycles. The van der Waals surface area contributed by atoms with Crippen molar-refractivity contribution >= 4 is 49.4 Å². The van der Waals surface area contributed by atoms with Crippen LogP contribution >= 0.6 is 37.5 Å². The van der Waals surface area contributed by atoms with Crippen molar-refractivity contribution in [2.24, 2.45) is 0 Å². The fourth-order valence-corrected chi connectivity index (χ4v) is 3.73. The van der Waals surface area contributed by atoms with Gasteiger partial charge in [-0.2, -0.15) is 0 Å². The molecule has 2 heterocycles. The van der Waals surface area contributed by atoms with Gasteiger partial charge < -0.3 is 4.74 Å². The van der Waals surface area contributed by atoms with Crippen molar-refractivity contribution < 1.29 is 14.3 Å². The zero-order chi connectivity index (χ0) is 10.1. The number of carbonyl (C=O) groups is 2. The molecule has 14 heavy (non-hydrogen) atoms. The summed E-state index contributed by atoms with van der Waals surface area (Å²) >= 11 is 3.00. The molecule has 0 unspecified atom stereocenters. The Kier molecular flexibility index (Phi) is 3.08. The third-order valence-corrected chi connectivity index (χ3v) is 4.43. The van der Waals surface area contributed by atoms with Crippen LogP contribution in [0.25, 0.3) is 0 Å². The lowest BCUT2D eigenvalue weighted by molar-refractivity contribution is -0.147. The van der Waals surface area contributed by atoms with Gasteiger partial charge in [-0.25, -0.2) is 4.79 Å². The van der Waals surface area contributed by atoms with E-state index >= 15 is 0 Å². The highest BCUT2D eigenvalue weighted by molar-refractivity contribution is 9.09. The molecule has 4 nitrogen and oxygen atoms in total. The van der Waals surface area contributed by atoms with Gasteiger partial charge in [0, 0.05) is 5.41 Å². The predicted octanol–water partition coefficient (Wildman–Crippen LogP) is 1.68. The Balaban J connectivity index is 2.13. The largest absolute Gasteiger partial charge is 0.449 e. The van der Waals surface area contributed by atoms with E-state index in [4.69, 9.17) is 4.74 Å². The molecule has 0 aliphatic carbocycles. The van der Waals surface area contributed by atoms with Crippen LogP contribution in [0.5, 0.6) is 0 Å². The van der Waals surface area contributed by atoms with Gasteiger partial charge in [0.05, 0.1) is 6.42 Å².